The van der Waals surface area contributed by atoms with Crippen LogP contribution in [0, 0.1) is 5.92 Å². The number of hydrogen-bond donors (Lipinski definition) is 5. The summed E-state index contributed by atoms with van der Waals surface area (Å²) in [4.78, 5) is 78.4. The normalized spacial score (nSPS) is 22.0. The highest BCUT2D eigenvalue weighted by Crippen LogP contribution is 2.20. The second kappa shape index (κ2) is 17.0. The average molecular weight is 676 g/mol. The summed E-state index contributed by atoms with van der Waals surface area (Å²) >= 11 is 0. The molecule has 5 rings (SSSR count). The summed E-state index contributed by atoms with van der Waals surface area (Å²) in [6.07, 6.45) is -0.0373. The first-order chi connectivity index (χ1) is 23.5. The predicted octanol–water partition coefficient (Wildman–Crippen LogP) is 0.444. The van der Waals surface area contributed by atoms with Crippen molar-refractivity contribution in [3.05, 3.63) is 78.0 Å². The SMILES string of the molecule is CC(C)[C@@H]1NC(=O)CN(C)C(=O)[C@@H](Cc2ccccc2)NC(=O)[C@H]2CN(C(=O)c3ccc(-c4ccn[nH]4)cc3)C[C@H](CNC1=O)O2.O=CO. The van der Waals surface area contributed by atoms with Crippen molar-refractivity contribution in [2.24, 2.45) is 5.92 Å². The fourth-order valence-corrected chi connectivity index (χ4v) is 5.61. The lowest BCUT2D eigenvalue weighted by molar-refractivity contribution is -0.148. The summed E-state index contributed by atoms with van der Waals surface area (Å²) in [5, 5.41) is 22.1. The molecule has 2 aliphatic heterocycles. The molecule has 5 N–H and O–H groups in total. The molecular weight excluding hydrogens is 634 g/mol. The number of rotatable bonds is 5. The Bertz CT molecular complexity index is 1600. The van der Waals surface area contributed by atoms with Gasteiger partial charge in [-0.25, -0.2) is 0 Å². The van der Waals surface area contributed by atoms with Crippen LogP contribution >= 0.6 is 0 Å². The van der Waals surface area contributed by atoms with Crippen molar-refractivity contribution in [2.45, 2.75) is 44.6 Å². The minimum Gasteiger partial charge on any atom is -0.483 e. The Morgan fingerprint density at radius 3 is 2.33 bits per heavy atom. The van der Waals surface area contributed by atoms with E-state index in [0.29, 0.717) is 5.56 Å². The van der Waals surface area contributed by atoms with Gasteiger partial charge in [-0.05, 0) is 35.2 Å². The standard InChI is InChI=1S/C33H39N7O6.CH2O2/c1-20(2)29-31(43)34-16-24-17-40(32(44)23-11-9-22(10-12-23)25-13-14-35-38-25)18-27(46-24)30(42)36-26(15-21-7-5-4-6-8-21)33(45)39(3)19-28(41)37-29;2-1-3/h4-14,20,24,26-27,29H,15-19H2,1-3H3,(H,34,43)(H,35,38)(H,36,42)(H,37,41);1H,(H,2,3)/t24-,26+,27+,29-;/m0./s1. The molecule has 3 aromatic rings. The number of nitrogens with one attached hydrogen (secondary N) is 4. The molecule has 2 saturated heterocycles. The van der Waals surface area contributed by atoms with Crippen molar-refractivity contribution in [3.8, 4) is 11.3 Å². The molecule has 2 fully saturated rings. The Kier molecular flexibility index (Phi) is 12.6. The summed E-state index contributed by atoms with van der Waals surface area (Å²) in [6.45, 7) is 3.10. The Labute approximate surface area is 283 Å². The summed E-state index contributed by atoms with van der Waals surface area (Å²) < 4.78 is 6.14. The summed E-state index contributed by atoms with van der Waals surface area (Å²) in [5.41, 5.74) is 2.89. The molecule has 0 radical (unpaired) electrons. The van der Waals surface area contributed by atoms with Gasteiger partial charge < -0.3 is 35.6 Å². The van der Waals surface area contributed by atoms with Crippen molar-refractivity contribution < 1.29 is 38.6 Å². The van der Waals surface area contributed by atoms with Crippen molar-refractivity contribution in [2.75, 3.05) is 33.2 Å². The number of carbonyl (C=O) groups is 6. The van der Waals surface area contributed by atoms with Crippen molar-refractivity contribution >= 4 is 36.0 Å². The van der Waals surface area contributed by atoms with Crippen LogP contribution in [0.4, 0.5) is 0 Å². The van der Waals surface area contributed by atoms with Gasteiger partial charge in [-0.3, -0.25) is 33.9 Å². The zero-order valence-electron chi connectivity index (χ0n) is 27.5. The molecule has 260 valence electrons. The zero-order chi connectivity index (χ0) is 35.5. The number of ether oxygens (including phenoxy) is 1. The fraction of sp³-hybridized carbons (Fsp3) is 0.382. The predicted molar refractivity (Wildman–Crippen MR) is 177 cm³/mol. The van der Waals surface area contributed by atoms with Crippen LogP contribution in [0.2, 0.25) is 0 Å². The smallest absolute Gasteiger partial charge is 0.290 e. The van der Waals surface area contributed by atoms with Gasteiger partial charge in [-0.15, -0.1) is 0 Å². The van der Waals surface area contributed by atoms with Crippen molar-refractivity contribution in [3.63, 3.8) is 0 Å². The number of benzene rings is 2. The van der Waals surface area contributed by atoms with E-state index >= 15 is 0 Å². The molecule has 2 aliphatic rings. The van der Waals surface area contributed by atoms with E-state index < -0.39 is 47.9 Å². The van der Waals surface area contributed by atoms with E-state index in [1.54, 1.807) is 44.3 Å². The molecule has 15 nitrogen and oxygen atoms in total. The third kappa shape index (κ3) is 9.73. The third-order valence-corrected chi connectivity index (χ3v) is 8.11. The molecule has 15 heteroatoms. The number of nitrogens with zero attached hydrogens (tertiary/aromatic N) is 3. The number of likely N-dealkylation sites (N-methyl/N-ethyl adjacent to an activating group) is 1. The Morgan fingerprint density at radius 1 is 1.00 bits per heavy atom. The molecule has 5 amide bonds. The van der Waals surface area contributed by atoms with Crippen LogP contribution < -0.4 is 16.0 Å². The highest BCUT2D eigenvalue weighted by Gasteiger charge is 2.38. The van der Waals surface area contributed by atoms with Crippen LogP contribution in [-0.4, -0.2) is 119 Å². The first-order valence-corrected chi connectivity index (χ1v) is 15.8. The Balaban J connectivity index is 0.00000174. The molecule has 4 atom stereocenters. The van der Waals surface area contributed by atoms with E-state index in [-0.39, 0.29) is 50.9 Å². The number of fused-ring (bicyclic) bond motifs is 2. The minimum absolute atomic E-state index is 0.00345. The number of hydrogen-bond acceptors (Lipinski definition) is 8. The molecule has 1 aromatic heterocycles. The van der Waals surface area contributed by atoms with E-state index in [4.69, 9.17) is 14.6 Å². The lowest BCUT2D eigenvalue weighted by Gasteiger charge is -2.38. The van der Waals surface area contributed by atoms with Gasteiger partial charge >= 0.3 is 0 Å². The quantitative estimate of drug-likeness (QED) is 0.238. The van der Waals surface area contributed by atoms with Gasteiger partial charge in [0, 0.05) is 38.3 Å². The monoisotopic (exact) mass is 675 g/mol. The maximum absolute atomic E-state index is 13.7. The van der Waals surface area contributed by atoms with Gasteiger partial charge in [0.1, 0.15) is 12.1 Å². The number of aromatic nitrogens is 2. The van der Waals surface area contributed by atoms with Crippen LogP contribution in [0.15, 0.2) is 66.9 Å². The first kappa shape index (κ1) is 36.3. The topological polar surface area (TPSA) is 203 Å². The Morgan fingerprint density at radius 2 is 1.69 bits per heavy atom. The van der Waals surface area contributed by atoms with E-state index in [0.717, 1.165) is 16.8 Å². The van der Waals surface area contributed by atoms with Crippen LogP contribution in [0.25, 0.3) is 11.3 Å². The number of morpholine rings is 1. The molecule has 0 saturated carbocycles. The first-order valence-electron chi connectivity index (χ1n) is 15.8. The minimum atomic E-state index is -1.12. The second-order valence-electron chi connectivity index (χ2n) is 12.1. The van der Waals surface area contributed by atoms with E-state index in [1.807, 2.05) is 36.4 Å². The van der Waals surface area contributed by atoms with Gasteiger partial charge in [0.05, 0.1) is 24.9 Å². The van der Waals surface area contributed by atoms with Gasteiger partial charge in [0.15, 0.2) is 6.10 Å². The average Bonchev–Trinajstić information content (AvgIpc) is 3.64. The number of carbonyl (C=O) groups excluding carboxylic acids is 5. The van der Waals surface area contributed by atoms with Gasteiger partial charge in [0.25, 0.3) is 18.3 Å². The third-order valence-electron chi connectivity index (χ3n) is 8.11. The zero-order valence-corrected chi connectivity index (χ0v) is 27.5. The largest absolute Gasteiger partial charge is 0.483 e. The summed E-state index contributed by atoms with van der Waals surface area (Å²) in [6, 6.07) is 16.2. The lowest BCUT2D eigenvalue weighted by Crippen LogP contribution is -2.59. The Hall–Kier alpha value is -5.57. The highest BCUT2D eigenvalue weighted by atomic mass is 16.5. The highest BCUT2D eigenvalue weighted by molar-refractivity contribution is 5.96. The van der Waals surface area contributed by atoms with E-state index in [2.05, 4.69) is 26.1 Å². The second-order valence-corrected chi connectivity index (χ2v) is 12.1. The number of amides is 5. The number of carboxylic acid groups (broad SMARTS) is 1. The van der Waals surface area contributed by atoms with Gasteiger partial charge in [0.2, 0.25) is 17.7 Å². The maximum atomic E-state index is 13.7. The maximum Gasteiger partial charge on any atom is 0.290 e. The van der Waals surface area contributed by atoms with Crippen molar-refractivity contribution in [1.82, 2.24) is 35.9 Å². The summed E-state index contributed by atoms with van der Waals surface area (Å²) in [7, 11) is 1.47. The van der Waals surface area contributed by atoms with E-state index in [1.165, 1.54) is 16.8 Å². The summed E-state index contributed by atoms with van der Waals surface area (Å²) in [5.74, 6) is -2.56. The van der Waals surface area contributed by atoms with Gasteiger partial charge in [-0.1, -0.05) is 56.3 Å². The molecule has 2 aromatic carbocycles. The van der Waals surface area contributed by atoms with Crippen LogP contribution in [0.1, 0.15) is 29.8 Å². The molecule has 0 unspecified atom stereocenters. The van der Waals surface area contributed by atoms with Crippen LogP contribution in [0.3, 0.4) is 0 Å². The molecule has 2 bridgehead atoms. The van der Waals surface area contributed by atoms with Gasteiger partial charge in [-0.2, -0.15) is 5.10 Å². The number of H-pyrrole nitrogens is 1. The van der Waals surface area contributed by atoms with Crippen molar-refractivity contribution in [1.29, 1.82) is 0 Å². The fourth-order valence-electron chi connectivity index (χ4n) is 5.61. The molecule has 0 spiro atoms. The lowest BCUT2D eigenvalue weighted by atomic mass is 10.0. The molecule has 49 heavy (non-hydrogen) atoms. The van der Waals surface area contributed by atoms with Crippen LogP contribution in [0.5, 0.6) is 0 Å². The van der Waals surface area contributed by atoms with E-state index in [9.17, 15) is 24.0 Å². The number of aromatic amines is 1. The van der Waals surface area contributed by atoms with Crippen LogP contribution in [-0.2, 0) is 35.1 Å². The molecule has 3 heterocycles. The molecule has 0 aliphatic carbocycles. The molecular formula is C34H41N7O8.